The van der Waals surface area contributed by atoms with Crippen molar-refractivity contribution in [3.8, 4) is 0 Å². The normalized spacial score (nSPS) is 20.2. The third-order valence-electron chi connectivity index (χ3n) is 3.06. The lowest BCUT2D eigenvalue weighted by molar-refractivity contribution is -0.120. The van der Waals surface area contributed by atoms with Crippen LogP contribution in [-0.2, 0) is 11.2 Å². The van der Waals surface area contributed by atoms with Gasteiger partial charge in [-0.2, -0.15) is 0 Å². The molecule has 0 aliphatic carbocycles. The topological polar surface area (TPSA) is 29.1 Å². The van der Waals surface area contributed by atoms with Crippen LogP contribution in [0.1, 0.15) is 24.8 Å². The van der Waals surface area contributed by atoms with Crippen LogP contribution in [0.25, 0.3) is 0 Å². The van der Waals surface area contributed by atoms with Gasteiger partial charge in [-0.05, 0) is 37.1 Å². The number of Topliss-reactive ketones (excluding diaryl/α,β-unsaturated/α-hetero) is 1. The molecule has 0 saturated carbocycles. The fourth-order valence-corrected chi connectivity index (χ4v) is 2.22. The van der Waals surface area contributed by atoms with Gasteiger partial charge >= 0.3 is 0 Å². The van der Waals surface area contributed by atoms with Crippen LogP contribution in [0.4, 0.5) is 4.39 Å². The summed E-state index contributed by atoms with van der Waals surface area (Å²) in [6.45, 7) is 0.894. The van der Waals surface area contributed by atoms with Crippen molar-refractivity contribution in [3.05, 3.63) is 34.6 Å². The van der Waals surface area contributed by atoms with Crippen LogP contribution in [0.3, 0.4) is 0 Å². The lowest BCUT2D eigenvalue weighted by Crippen LogP contribution is -2.41. The minimum Gasteiger partial charge on any atom is -0.307 e. The SMILES string of the molecule is O=C(Cc1ccc(Cl)c(F)c1)C1CCCCN1. The first-order valence-corrected chi connectivity index (χ1v) is 6.24. The fourth-order valence-electron chi connectivity index (χ4n) is 2.10. The van der Waals surface area contributed by atoms with Gasteiger partial charge in [-0.25, -0.2) is 4.39 Å². The van der Waals surface area contributed by atoms with Crippen LogP contribution in [-0.4, -0.2) is 18.4 Å². The van der Waals surface area contributed by atoms with Gasteiger partial charge < -0.3 is 5.32 Å². The summed E-state index contributed by atoms with van der Waals surface area (Å²) in [4.78, 5) is 11.9. The van der Waals surface area contributed by atoms with E-state index in [0.717, 1.165) is 25.8 Å². The first-order chi connectivity index (χ1) is 8.16. The number of benzene rings is 1. The number of piperidine rings is 1. The highest BCUT2D eigenvalue weighted by atomic mass is 35.5. The molecule has 1 aromatic carbocycles. The van der Waals surface area contributed by atoms with E-state index in [1.807, 2.05) is 0 Å². The fraction of sp³-hybridized carbons (Fsp3) is 0.462. The Kier molecular flexibility index (Phi) is 4.13. The molecule has 0 bridgehead atoms. The van der Waals surface area contributed by atoms with E-state index in [2.05, 4.69) is 5.32 Å². The van der Waals surface area contributed by atoms with Gasteiger partial charge in [0.1, 0.15) is 5.82 Å². The smallest absolute Gasteiger partial charge is 0.154 e. The molecule has 4 heteroatoms. The molecule has 1 saturated heterocycles. The molecule has 2 nitrogen and oxygen atoms in total. The van der Waals surface area contributed by atoms with Gasteiger partial charge in [0.05, 0.1) is 11.1 Å². The zero-order valence-electron chi connectivity index (χ0n) is 9.51. The number of hydrogen-bond donors (Lipinski definition) is 1. The van der Waals surface area contributed by atoms with Crippen molar-refractivity contribution < 1.29 is 9.18 Å². The third-order valence-corrected chi connectivity index (χ3v) is 3.37. The maximum atomic E-state index is 13.2. The van der Waals surface area contributed by atoms with Crippen molar-refractivity contribution in [2.45, 2.75) is 31.7 Å². The molecule has 92 valence electrons. The maximum absolute atomic E-state index is 13.2. The molecular weight excluding hydrogens is 241 g/mol. The average molecular weight is 256 g/mol. The van der Waals surface area contributed by atoms with E-state index in [4.69, 9.17) is 11.6 Å². The average Bonchev–Trinajstić information content (AvgIpc) is 2.35. The minimum absolute atomic E-state index is 0.0671. The molecule has 0 amide bonds. The first-order valence-electron chi connectivity index (χ1n) is 5.87. The van der Waals surface area contributed by atoms with E-state index in [-0.39, 0.29) is 23.3 Å². The van der Waals surface area contributed by atoms with Crippen molar-refractivity contribution in [1.29, 1.82) is 0 Å². The summed E-state index contributed by atoms with van der Waals surface area (Å²) >= 11 is 5.59. The van der Waals surface area contributed by atoms with Gasteiger partial charge in [0.2, 0.25) is 0 Å². The summed E-state index contributed by atoms with van der Waals surface area (Å²) in [5.74, 6) is -0.333. The Balaban J connectivity index is 1.99. The quantitative estimate of drug-likeness (QED) is 0.900. The summed E-state index contributed by atoms with van der Waals surface area (Å²) in [5.41, 5.74) is 0.685. The number of carbonyl (C=O) groups is 1. The van der Waals surface area contributed by atoms with Crippen LogP contribution in [0.15, 0.2) is 18.2 Å². The summed E-state index contributed by atoms with van der Waals surface area (Å²) in [5, 5.41) is 3.29. The molecule has 17 heavy (non-hydrogen) atoms. The van der Waals surface area contributed by atoms with Crippen LogP contribution < -0.4 is 5.32 Å². The van der Waals surface area contributed by atoms with Crippen LogP contribution in [0, 0.1) is 5.82 Å². The van der Waals surface area contributed by atoms with E-state index in [1.54, 1.807) is 6.07 Å². The third kappa shape index (κ3) is 3.27. The minimum atomic E-state index is -0.464. The predicted octanol–water partition coefficient (Wildman–Crippen LogP) is 2.73. The van der Waals surface area contributed by atoms with Crippen molar-refractivity contribution in [2.24, 2.45) is 0 Å². The van der Waals surface area contributed by atoms with Crippen molar-refractivity contribution in [3.63, 3.8) is 0 Å². The molecule has 1 heterocycles. The zero-order chi connectivity index (χ0) is 12.3. The molecule has 1 fully saturated rings. The van der Waals surface area contributed by atoms with E-state index >= 15 is 0 Å². The van der Waals surface area contributed by atoms with Crippen LogP contribution in [0.5, 0.6) is 0 Å². The monoisotopic (exact) mass is 255 g/mol. The van der Waals surface area contributed by atoms with E-state index in [1.165, 1.54) is 12.1 Å². The van der Waals surface area contributed by atoms with Crippen LogP contribution >= 0.6 is 11.6 Å². The van der Waals surface area contributed by atoms with Crippen molar-refractivity contribution in [1.82, 2.24) is 5.32 Å². The summed E-state index contributed by atoms with van der Waals surface area (Å²) in [7, 11) is 0. The van der Waals surface area contributed by atoms with Crippen molar-refractivity contribution >= 4 is 17.4 Å². The molecular formula is C13H15ClFNO. The first kappa shape index (κ1) is 12.5. The molecule has 2 rings (SSSR count). The largest absolute Gasteiger partial charge is 0.307 e. The standard InChI is InChI=1S/C13H15ClFNO/c14-10-5-4-9(7-11(10)15)8-13(17)12-3-1-2-6-16-12/h4-5,7,12,16H,1-3,6,8H2. The van der Waals surface area contributed by atoms with Gasteiger partial charge in [0.15, 0.2) is 5.78 Å². The predicted molar refractivity (Wildman–Crippen MR) is 65.8 cm³/mol. The highest BCUT2D eigenvalue weighted by Gasteiger charge is 2.20. The number of ketones is 1. The molecule has 1 unspecified atom stereocenters. The molecule has 0 aromatic heterocycles. The molecule has 1 N–H and O–H groups in total. The second-order valence-corrected chi connectivity index (χ2v) is 4.80. The van der Waals surface area contributed by atoms with Crippen molar-refractivity contribution in [2.75, 3.05) is 6.54 Å². The Morgan fingerprint density at radius 1 is 1.47 bits per heavy atom. The second kappa shape index (κ2) is 5.61. The van der Waals surface area contributed by atoms with E-state index in [9.17, 15) is 9.18 Å². The van der Waals surface area contributed by atoms with E-state index in [0.29, 0.717) is 5.56 Å². The number of nitrogens with one attached hydrogen (secondary N) is 1. The van der Waals surface area contributed by atoms with E-state index < -0.39 is 5.82 Å². The number of halogens is 2. The highest BCUT2D eigenvalue weighted by molar-refractivity contribution is 6.30. The Hall–Kier alpha value is -0.930. The highest BCUT2D eigenvalue weighted by Crippen LogP contribution is 2.17. The molecule has 1 aliphatic rings. The Morgan fingerprint density at radius 3 is 2.94 bits per heavy atom. The van der Waals surface area contributed by atoms with Gasteiger partial charge in [-0.3, -0.25) is 4.79 Å². The van der Waals surface area contributed by atoms with Crippen LogP contribution in [0.2, 0.25) is 5.02 Å². The Labute approximate surface area is 105 Å². The summed E-state index contributed by atoms with van der Waals surface area (Å²) in [6, 6.07) is 4.46. The molecule has 1 atom stereocenters. The number of carbonyl (C=O) groups excluding carboxylic acids is 1. The molecule has 0 spiro atoms. The molecule has 0 radical (unpaired) electrons. The van der Waals surface area contributed by atoms with Gasteiger partial charge in [-0.15, -0.1) is 0 Å². The number of hydrogen-bond acceptors (Lipinski definition) is 2. The maximum Gasteiger partial charge on any atom is 0.154 e. The lowest BCUT2D eigenvalue weighted by atomic mass is 9.97. The Bertz CT molecular complexity index is 416. The second-order valence-electron chi connectivity index (χ2n) is 4.39. The lowest BCUT2D eigenvalue weighted by Gasteiger charge is -2.22. The Morgan fingerprint density at radius 2 is 2.29 bits per heavy atom. The number of rotatable bonds is 3. The summed E-state index contributed by atoms with van der Waals surface area (Å²) < 4.78 is 13.2. The zero-order valence-corrected chi connectivity index (χ0v) is 10.3. The van der Waals surface area contributed by atoms with Gasteiger partial charge in [0.25, 0.3) is 0 Å². The van der Waals surface area contributed by atoms with Gasteiger partial charge in [0, 0.05) is 6.42 Å². The summed E-state index contributed by atoms with van der Waals surface area (Å²) in [6.07, 6.45) is 3.36. The molecule has 1 aliphatic heterocycles. The van der Waals surface area contributed by atoms with Gasteiger partial charge in [-0.1, -0.05) is 24.1 Å². The molecule has 1 aromatic rings.